The summed E-state index contributed by atoms with van der Waals surface area (Å²) in [5, 5.41) is 2.99. The molecule has 5 heteroatoms. The molecule has 0 bridgehead atoms. The highest BCUT2D eigenvalue weighted by molar-refractivity contribution is 5.81. The molecule has 5 nitrogen and oxygen atoms in total. The first-order chi connectivity index (χ1) is 10.6. The van der Waals surface area contributed by atoms with Gasteiger partial charge in [-0.15, -0.1) is 0 Å². The fourth-order valence-corrected chi connectivity index (χ4v) is 2.69. The molecule has 1 aromatic carbocycles. The highest BCUT2D eigenvalue weighted by Gasteiger charge is 2.20. The minimum Gasteiger partial charge on any atom is -0.497 e. The second-order valence-corrected chi connectivity index (χ2v) is 5.83. The Morgan fingerprint density at radius 2 is 2.05 bits per heavy atom. The van der Waals surface area contributed by atoms with Crippen LogP contribution in [0.2, 0.25) is 0 Å². The summed E-state index contributed by atoms with van der Waals surface area (Å²) in [4.78, 5) is 23.0. The molecule has 1 aliphatic rings. The Morgan fingerprint density at radius 1 is 1.32 bits per heavy atom. The first-order valence-corrected chi connectivity index (χ1v) is 7.67. The Balaban J connectivity index is 1.84. The number of carbonyl (C=O) groups is 2. The molecular formula is C17H23NO4. The van der Waals surface area contributed by atoms with Crippen LogP contribution in [0.4, 0.5) is 0 Å². The zero-order valence-corrected chi connectivity index (χ0v) is 13.1. The maximum absolute atomic E-state index is 11.9. The van der Waals surface area contributed by atoms with Crippen LogP contribution in [0.3, 0.4) is 0 Å². The van der Waals surface area contributed by atoms with E-state index in [0.717, 1.165) is 31.6 Å². The van der Waals surface area contributed by atoms with Crippen molar-refractivity contribution >= 4 is 12.2 Å². The van der Waals surface area contributed by atoms with Crippen molar-refractivity contribution in [1.29, 1.82) is 0 Å². The van der Waals surface area contributed by atoms with Crippen LogP contribution >= 0.6 is 0 Å². The molecule has 1 saturated carbocycles. The summed E-state index contributed by atoms with van der Waals surface area (Å²) < 4.78 is 10.5. The van der Waals surface area contributed by atoms with Gasteiger partial charge in [0.25, 0.3) is 5.91 Å². The van der Waals surface area contributed by atoms with Crippen molar-refractivity contribution in [2.24, 2.45) is 5.92 Å². The molecule has 1 aliphatic carbocycles. The van der Waals surface area contributed by atoms with E-state index in [1.807, 2.05) is 0 Å². The molecule has 0 unspecified atom stereocenters. The lowest BCUT2D eigenvalue weighted by Gasteiger charge is -2.26. The summed E-state index contributed by atoms with van der Waals surface area (Å²) in [6.07, 6.45) is 5.04. The lowest BCUT2D eigenvalue weighted by atomic mass is 9.87. The highest BCUT2D eigenvalue weighted by atomic mass is 16.5. The zero-order valence-electron chi connectivity index (χ0n) is 13.1. The Morgan fingerprint density at radius 3 is 2.68 bits per heavy atom. The predicted molar refractivity (Wildman–Crippen MR) is 83.4 cm³/mol. The molecule has 1 amide bonds. The molecule has 0 aromatic heterocycles. The molecule has 0 aliphatic heterocycles. The number of aldehydes is 1. The second kappa shape index (κ2) is 7.82. The quantitative estimate of drug-likeness (QED) is 0.820. The number of benzene rings is 1. The molecule has 1 fully saturated rings. The lowest BCUT2D eigenvalue weighted by molar-refractivity contribution is -0.124. The summed E-state index contributed by atoms with van der Waals surface area (Å²) in [5.74, 6) is 1.57. The van der Waals surface area contributed by atoms with E-state index in [1.165, 1.54) is 7.11 Å². The fourth-order valence-electron chi connectivity index (χ4n) is 2.69. The van der Waals surface area contributed by atoms with E-state index in [0.29, 0.717) is 23.3 Å². The molecular weight excluding hydrogens is 282 g/mol. The second-order valence-electron chi connectivity index (χ2n) is 5.83. The van der Waals surface area contributed by atoms with Gasteiger partial charge in [-0.3, -0.25) is 9.59 Å². The van der Waals surface area contributed by atoms with Crippen molar-refractivity contribution in [3.05, 3.63) is 23.8 Å². The van der Waals surface area contributed by atoms with Gasteiger partial charge in [0.05, 0.1) is 12.7 Å². The van der Waals surface area contributed by atoms with E-state index in [4.69, 9.17) is 9.47 Å². The molecule has 0 heterocycles. The maximum atomic E-state index is 11.9. The van der Waals surface area contributed by atoms with Crippen LogP contribution in [0.1, 0.15) is 43.0 Å². The number of rotatable bonds is 6. The van der Waals surface area contributed by atoms with Crippen molar-refractivity contribution in [2.45, 2.75) is 38.6 Å². The van der Waals surface area contributed by atoms with Gasteiger partial charge < -0.3 is 14.8 Å². The van der Waals surface area contributed by atoms with E-state index < -0.39 is 0 Å². The van der Waals surface area contributed by atoms with Gasteiger partial charge in [0, 0.05) is 6.04 Å². The average Bonchev–Trinajstić information content (AvgIpc) is 2.55. The fraction of sp³-hybridized carbons (Fsp3) is 0.529. The Kier molecular flexibility index (Phi) is 5.81. The van der Waals surface area contributed by atoms with Crippen molar-refractivity contribution in [1.82, 2.24) is 5.32 Å². The van der Waals surface area contributed by atoms with Crippen molar-refractivity contribution in [3.8, 4) is 11.5 Å². The third-order valence-electron chi connectivity index (χ3n) is 4.08. The van der Waals surface area contributed by atoms with Crippen LogP contribution < -0.4 is 14.8 Å². The Hall–Kier alpha value is -2.04. The SMILES string of the molecule is COc1ccc(OCC(=O)NC2CCC(C)CC2)c(C=O)c1. The smallest absolute Gasteiger partial charge is 0.258 e. The van der Waals surface area contributed by atoms with Gasteiger partial charge in [-0.05, 0) is 49.8 Å². The number of hydrogen-bond donors (Lipinski definition) is 1. The summed E-state index contributed by atoms with van der Waals surface area (Å²) in [6, 6.07) is 5.16. The van der Waals surface area contributed by atoms with Gasteiger partial charge in [-0.25, -0.2) is 0 Å². The van der Waals surface area contributed by atoms with Crippen LogP contribution in [0.15, 0.2) is 18.2 Å². The average molecular weight is 305 g/mol. The van der Waals surface area contributed by atoms with Gasteiger partial charge in [-0.2, -0.15) is 0 Å². The largest absolute Gasteiger partial charge is 0.497 e. The Labute approximate surface area is 131 Å². The van der Waals surface area contributed by atoms with E-state index >= 15 is 0 Å². The number of nitrogens with one attached hydrogen (secondary N) is 1. The first-order valence-electron chi connectivity index (χ1n) is 7.67. The van der Waals surface area contributed by atoms with Crippen molar-refractivity contribution in [2.75, 3.05) is 13.7 Å². The highest BCUT2D eigenvalue weighted by Crippen LogP contribution is 2.24. The van der Waals surface area contributed by atoms with Gasteiger partial charge in [-0.1, -0.05) is 6.92 Å². The van der Waals surface area contributed by atoms with Crippen molar-refractivity contribution in [3.63, 3.8) is 0 Å². The number of ether oxygens (including phenoxy) is 2. The molecule has 1 aromatic rings. The van der Waals surface area contributed by atoms with Gasteiger partial charge in [0.15, 0.2) is 12.9 Å². The third-order valence-corrected chi connectivity index (χ3v) is 4.08. The zero-order chi connectivity index (χ0) is 15.9. The van der Waals surface area contributed by atoms with E-state index in [9.17, 15) is 9.59 Å². The summed E-state index contributed by atoms with van der Waals surface area (Å²) in [6.45, 7) is 2.16. The number of hydrogen-bond acceptors (Lipinski definition) is 4. The molecule has 120 valence electrons. The van der Waals surface area contributed by atoms with Crippen LogP contribution in [0.5, 0.6) is 11.5 Å². The molecule has 0 spiro atoms. The van der Waals surface area contributed by atoms with Gasteiger partial charge in [0.1, 0.15) is 11.5 Å². The molecule has 0 saturated heterocycles. The minimum absolute atomic E-state index is 0.0841. The monoisotopic (exact) mass is 305 g/mol. The third kappa shape index (κ3) is 4.48. The number of amides is 1. The molecule has 0 atom stereocenters. The van der Waals surface area contributed by atoms with Crippen LogP contribution in [-0.4, -0.2) is 32.0 Å². The van der Waals surface area contributed by atoms with E-state index in [2.05, 4.69) is 12.2 Å². The topological polar surface area (TPSA) is 64.6 Å². The van der Waals surface area contributed by atoms with Crippen LogP contribution in [0.25, 0.3) is 0 Å². The summed E-state index contributed by atoms with van der Waals surface area (Å²) >= 11 is 0. The number of methoxy groups -OCH3 is 1. The maximum Gasteiger partial charge on any atom is 0.258 e. The Bertz CT molecular complexity index is 521. The van der Waals surface area contributed by atoms with Crippen LogP contribution in [-0.2, 0) is 4.79 Å². The minimum atomic E-state index is -0.146. The standard InChI is InChI=1S/C17H23NO4/c1-12-3-5-14(6-4-12)18-17(20)11-22-16-8-7-15(21-2)9-13(16)10-19/h7-10,12,14H,3-6,11H2,1-2H3,(H,18,20). The van der Waals surface area contributed by atoms with E-state index in [-0.39, 0.29) is 18.6 Å². The van der Waals surface area contributed by atoms with Gasteiger partial charge in [0.2, 0.25) is 0 Å². The molecule has 2 rings (SSSR count). The molecule has 0 radical (unpaired) electrons. The normalized spacial score (nSPS) is 21.0. The lowest BCUT2D eigenvalue weighted by Crippen LogP contribution is -2.39. The number of carbonyl (C=O) groups excluding carboxylic acids is 2. The summed E-state index contributed by atoms with van der Waals surface area (Å²) in [5.41, 5.74) is 0.374. The van der Waals surface area contributed by atoms with E-state index in [1.54, 1.807) is 18.2 Å². The van der Waals surface area contributed by atoms with Crippen LogP contribution in [0, 0.1) is 5.92 Å². The predicted octanol–water partition coefficient (Wildman–Crippen LogP) is 2.58. The van der Waals surface area contributed by atoms with Crippen molar-refractivity contribution < 1.29 is 19.1 Å². The molecule has 22 heavy (non-hydrogen) atoms. The molecule has 1 N–H and O–H groups in total. The summed E-state index contributed by atoms with van der Waals surface area (Å²) in [7, 11) is 1.53. The van der Waals surface area contributed by atoms with Gasteiger partial charge >= 0.3 is 0 Å². The first kappa shape index (κ1) is 16.3.